The molecule has 1 aromatic rings. The Hall–Kier alpha value is -1.01. The molecule has 0 aliphatic rings. The topological polar surface area (TPSA) is 81.1 Å². The third-order valence-corrected chi connectivity index (χ3v) is 3.16. The monoisotopic (exact) mass is 215 g/mol. The van der Waals surface area contributed by atoms with Crippen LogP contribution in [0.2, 0.25) is 0 Å². The van der Waals surface area contributed by atoms with E-state index in [1.807, 2.05) is 11.6 Å². The number of carboxylic acids is 1. The van der Waals surface area contributed by atoms with Crippen LogP contribution in [0.4, 0.5) is 0 Å². The molecule has 1 rings (SSSR count). The summed E-state index contributed by atoms with van der Waals surface area (Å²) in [7, 11) is 1.85. The standard InChI is InChI=1S/C8H13N3O2S/c1-8(9,6(12)13)5-14-7-10-3-4-11(7)2/h3-4H,5,9H2,1-2H3,(H,12,13). The van der Waals surface area contributed by atoms with Gasteiger partial charge in [0.25, 0.3) is 0 Å². The fourth-order valence-corrected chi connectivity index (χ4v) is 1.72. The maximum absolute atomic E-state index is 10.7. The van der Waals surface area contributed by atoms with E-state index in [1.165, 1.54) is 18.7 Å². The molecule has 78 valence electrons. The second-order valence-electron chi connectivity index (χ2n) is 3.33. The predicted molar refractivity (Wildman–Crippen MR) is 54.2 cm³/mol. The van der Waals surface area contributed by atoms with Crippen LogP contribution in [-0.4, -0.2) is 31.9 Å². The Morgan fingerprint density at radius 1 is 1.86 bits per heavy atom. The number of carbonyl (C=O) groups is 1. The van der Waals surface area contributed by atoms with Gasteiger partial charge in [-0.15, -0.1) is 0 Å². The van der Waals surface area contributed by atoms with Gasteiger partial charge in [0.05, 0.1) is 0 Å². The summed E-state index contributed by atoms with van der Waals surface area (Å²) in [6.45, 7) is 1.49. The average molecular weight is 215 g/mol. The lowest BCUT2D eigenvalue weighted by molar-refractivity contribution is -0.141. The summed E-state index contributed by atoms with van der Waals surface area (Å²) in [6, 6.07) is 0. The minimum absolute atomic E-state index is 0.299. The van der Waals surface area contributed by atoms with Crippen molar-refractivity contribution in [1.29, 1.82) is 0 Å². The molecule has 0 aliphatic carbocycles. The summed E-state index contributed by atoms with van der Waals surface area (Å²) in [6.07, 6.45) is 3.47. The van der Waals surface area contributed by atoms with Gasteiger partial charge >= 0.3 is 5.97 Å². The molecule has 0 fully saturated rings. The van der Waals surface area contributed by atoms with Gasteiger partial charge in [-0.25, -0.2) is 4.98 Å². The molecule has 6 heteroatoms. The van der Waals surface area contributed by atoms with E-state index in [2.05, 4.69) is 4.98 Å². The zero-order valence-corrected chi connectivity index (χ0v) is 8.91. The summed E-state index contributed by atoms with van der Waals surface area (Å²) in [5.74, 6) is -0.702. The summed E-state index contributed by atoms with van der Waals surface area (Å²) in [5, 5.41) is 9.54. The molecule has 0 aromatic carbocycles. The first kappa shape index (κ1) is 11.1. The van der Waals surface area contributed by atoms with Crippen LogP contribution >= 0.6 is 11.8 Å². The largest absolute Gasteiger partial charge is 0.480 e. The number of imidazole rings is 1. The zero-order valence-electron chi connectivity index (χ0n) is 8.10. The van der Waals surface area contributed by atoms with Gasteiger partial charge in [0.2, 0.25) is 0 Å². The van der Waals surface area contributed by atoms with Crippen LogP contribution in [-0.2, 0) is 11.8 Å². The van der Waals surface area contributed by atoms with E-state index in [-0.39, 0.29) is 0 Å². The van der Waals surface area contributed by atoms with Crippen LogP contribution in [0.15, 0.2) is 17.6 Å². The number of aliphatic carboxylic acids is 1. The first-order valence-corrected chi connectivity index (χ1v) is 5.04. The SMILES string of the molecule is Cn1ccnc1SCC(C)(N)C(=O)O. The molecule has 14 heavy (non-hydrogen) atoms. The molecule has 1 heterocycles. The van der Waals surface area contributed by atoms with E-state index in [1.54, 1.807) is 12.4 Å². The van der Waals surface area contributed by atoms with Crippen LogP contribution in [0.3, 0.4) is 0 Å². The van der Waals surface area contributed by atoms with E-state index in [9.17, 15) is 4.79 Å². The van der Waals surface area contributed by atoms with Gasteiger partial charge in [-0.2, -0.15) is 0 Å². The van der Waals surface area contributed by atoms with E-state index in [0.29, 0.717) is 5.75 Å². The molecule has 1 atom stereocenters. The lowest BCUT2D eigenvalue weighted by Gasteiger charge is -2.17. The van der Waals surface area contributed by atoms with E-state index in [0.717, 1.165) is 5.16 Å². The third-order valence-electron chi connectivity index (χ3n) is 1.77. The number of aromatic nitrogens is 2. The maximum atomic E-state index is 10.7. The Bertz CT molecular complexity index is 335. The molecule has 0 bridgehead atoms. The molecule has 0 spiro atoms. The van der Waals surface area contributed by atoms with Gasteiger partial charge in [-0.05, 0) is 6.92 Å². The minimum Gasteiger partial charge on any atom is -0.480 e. The first-order valence-electron chi connectivity index (χ1n) is 4.06. The summed E-state index contributed by atoms with van der Waals surface area (Å²) < 4.78 is 1.82. The van der Waals surface area contributed by atoms with Gasteiger partial charge < -0.3 is 15.4 Å². The number of nitrogens with zero attached hydrogens (tertiary/aromatic N) is 2. The smallest absolute Gasteiger partial charge is 0.324 e. The van der Waals surface area contributed by atoms with Crippen molar-refractivity contribution in [3.63, 3.8) is 0 Å². The predicted octanol–water partition coefficient (Wildman–Crippen LogP) is 0.314. The zero-order chi connectivity index (χ0) is 10.8. The van der Waals surface area contributed by atoms with Gasteiger partial charge in [-0.3, -0.25) is 4.79 Å². The van der Waals surface area contributed by atoms with Crippen LogP contribution in [0, 0.1) is 0 Å². The van der Waals surface area contributed by atoms with Crippen molar-refractivity contribution in [2.45, 2.75) is 17.6 Å². The highest BCUT2D eigenvalue weighted by atomic mass is 32.2. The second kappa shape index (κ2) is 4.02. The molecule has 3 N–H and O–H groups in total. The molecule has 5 nitrogen and oxygen atoms in total. The number of nitrogens with two attached hydrogens (primary N) is 1. The molecule has 0 aliphatic heterocycles. The van der Waals surface area contributed by atoms with E-state index < -0.39 is 11.5 Å². The van der Waals surface area contributed by atoms with Crippen LogP contribution in [0.1, 0.15) is 6.92 Å². The van der Waals surface area contributed by atoms with Gasteiger partial charge in [0.1, 0.15) is 5.54 Å². The number of hydrogen-bond donors (Lipinski definition) is 2. The van der Waals surface area contributed by atoms with Crippen LogP contribution in [0.5, 0.6) is 0 Å². The van der Waals surface area contributed by atoms with Gasteiger partial charge in [0, 0.05) is 25.2 Å². The minimum atomic E-state index is -1.21. The summed E-state index contributed by atoms with van der Waals surface area (Å²) in [5.41, 5.74) is 4.36. The molecule has 0 saturated carbocycles. The molecule has 0 saturated heterocycles. The number of hydrogen-bond acceptors (Lipinski definition) is 4. The Labute approximate surface area is 86.3 Å². The second-order valence-corrected chi connectivity index (χ2v) is 4.27. The fourth-order valence-electron chi connectivity index (χ4n) is 0.767. The quantitative estimate of drug-likeness (QED) is 0.707. The van der Waals surface area contributed by atoms with Crippen molar-refractivity contribution in [1.82, 2.24) is 9.55 Å². The number of carboxylic acid groups (broad SMARTS) is 1. The molecular weight excluding hydrogens is 202 g/mol. The van der Waals surface area contributed by atoms with E-state index in [4.69, 9.17) is 10.8 Å². The van der Waals surface area contributed by atoms with Crippen LogP contribution < -0.4 is 5.73 Å². The van der Waals surface area contributed by atoms with Crippen LogP contribution in [0.25, 0.3) is 0 Å². The van der Waals surface area contributed by atoms with Crippen molar-refractivity contribution >= 4 is 17.7 Å². The Balaban J connectivity index is 2.57. The number of aryl methyl sites for hydroxylation is 1. The van der Waals surface area contributed by atoms with Crippen molar-refractivity contribution < 1.29 is 9.90 Å². The number of thioether (sulfide) groups is 1. The normalized spacial score (nSPS) is 15.1. The first-order chi connectivity index (χ1) is 6.43. The van der Waals surface area contributed by atoms with E-state index >= 15 is 0 Å². The highest BCUT2D eigenvalue weighted by molar-refractivity contribution is 7.99. The molecule has 0 amide bonds. The van der Waals surface area contributed by atoms with Crippen molar-refractivity contribution in [2.24, 2.45) is 12.8 Å². The Kier molecular flexibility index (Phi) is 3.17. The van der Waals surface area contributed by atoms with Crippen molar-refractivity contribution in [2.75, 3.05) is 5.75 Å². The average Bonchev–Trinajstić information content (AvgIpc) is 2.47. The fraction of sp³-hybridized carbons (Fsp3) is 0.500. The summed E-state index contributed by atoms with van der Waals surface area (Å²) >= 11 is 1.33. The molecular formula is C8H13N3O2S. The highest BCUT2D eigenvalue weighted by Gasteiger charge is 2.28. The van der Waals surface area contributed by atoms with Crippen molar-refractivity contribution in [3.8, 4) is 0 Å². The summed E-state index contributed by atoms with van der Waals surface area (Å²) in [4.78, 5) is 14.8. The van der Waals surface area contributed by atoms with Gasteiger partial charge in [-0.1, -0.05) is 11.8 Å². The highest BCUT2D eigenvalue weighted by Crippen LogP contribution is 2.19. The molecule has 0 radical (unpaired) electrons. The molecule has 1 aromatic heterocycles. The lowest BCUT2D eigenvalue weighted by Crippen LogP contribution is -2.47. The third kappa shape index (κ3) is 2.49. The maximum Gasteiger partial charge on any atom is 0.324 e. The molecule has 1 unspecified atom stereocenters. The van der Waals surface area contributed by atoms with Crippen molar-refractivity contribution in [3.05, 3.63) is 12.4 Å². The number of rotatable bonds is 4. The Morgan fingerprint density at radius 2 is 2.50 bits per heavy atom. The lowest BCUT2D eigenvalue weighted by atomic mass is 10.1. The Morgan fingerprint density at radius 3 is 2.93 bits per heavy atom. The van der Waals surface area contributed by atoms with Gasteiger partial charge in [0.15, 0.2) is 5.16 Å².